The molecule has 1 aromatic rings. The van der Waals surface area contributed by atoms with E-state index in [1.165, 1.54) is 6.07 Å². The lowest BCUT2D eigenvalue weighted by Gasteiger charge is -2.43. The van der Waals surface area contributed by atoms with Gasteiger partial charge in [-0.3, -0.25) is 20.1 Å². The van der Waals surface area contributed by atoms with Gasteiger partial charge in [-0.1, -0.05) is 0 Å². The number of rotatable bonds is 4. The van der Waals surface area contributed by atoms with Gasteiger partial charge in [0.1, 0.15) is 46.3 Å². The van der Waals surface area contributed by atoms with Crippen LogP contribution in [0.3, 0.4) is 0 Å². The number of aliphatic hydroxyl groups is 2. The molecule has 3 rings (SSSR count). The minimum atomic E-state index is -2.29. The van der Waals surface area contributed by atoms with Crippen molar-refractivity contribution in [3.8, 4) is 11.5 Å². The molecule has 0 saturated heterocycles. The van der Waals surface area contributed by atoms with Crippen LogP contribution in [0, 0.1) is 5.92 Å². The zero-order chi connectivity index (χ0) is 23.5. The van der Waals surface area contributed by atoms with Gasteiger partial charge in [-0.15, -0.1) is 0 Å². The minimum absolute atomic E-state index is 0.249. The number of Topliss-reactive ketones (excluding diaryl/α,β-unsaturated/α-hetero) is 2. The molecule has 1 fully saturated rings. The zero-order valence-electron chi connectivity index (χ0n) is 17.3. The molecular weight excluding hydrogens is 414 g/mol. The highest BCUT2D eigenvalue weighted by molar-refractivity contribution is 6.08. The average Bonchev–Trinajstić information content (AvgIpc) is 2.75. The summed E-state index contributed by atoms with van der Waals surface area (Å²) >= 11 is 0. The van der Waals surface area contributed by atoms with E-state index < -0.39 is 70.2 Å². The molecule has 1 aromatic carbocycles. The fraction of sp³-hybridized carbons (Fsp3) is 0.500. The van der Waals surface area contributed by atoms with Gasteiger partial charge in [0.2, 0.25) is 5.72 Å². The van der Waals surface area contributed by atoms with Crippen molar-refractivity contribution in [1.82, 2.24) is 0 Å². The standard InChI is InChI=1S/C20H23NO10/c1-8(22)7-11(23)30-17-18(2,27)15-14(25)12-10(31-20(15,21)19(17,3)28)6-5-9(13(12)24)16(26)29-4/h5-6,15,17,24,27-28H,7,21H2,1-4H3/t15-,17+,18+,19+,20+/m0/s1. The number of ether oxygens (including phenoxy) is 3. The first kappa shape index (κ1) is 22.7. The van der Waals surface area contributed by atoms with Gasteiger partial charge >= 0.3 is 11.9 Å². The zero-order valence-corrected chi connectivity index (χ0v) is 17.3. The van der Waals surface area contributed by atoms with Crippen molar-refractivity contribution in [2.75, 3.05) is 7.11 Å². The summed E-state index contributed by atoms with van der Waals surface area (Å²) < 4.78 is 15.4. The van der Waals surface area contributed by atoms with Crippen molar-refractivity contribution < 1.29 is 48.7 Å². The summed E-state index contributed by atoms with van der Waals surface area (Å²) in [5.41, 5.74) is -1.33. The van der Waals surface area contributed by atoms with Crippen LogP contribution in [-0.2, 0) is 19.1 Å². The van der Waals surface area contributed by atoms with E-state index in [2.05, 4.69) is 4.74 Å². The van der Waals surface area contributed by atoms with Gasteiger partial charge in [-0.05, 0) is 32.9 Å². The van der Waals surface area contributed by atoms with E-state index in [4.69, 9.17) is 15.2 Å². The van der Waals surface area contributed by atoms with Crippen LogP contribution in [-0.4, -0.2) is 69.0 Å². The third-order valence-electron chi connectivity index (χ3n) is 5.82. The Morgan fingerprint density at radius 3 is 2.39 bits per heavy atom. The van der Waals surface area contributed by atoms with Gasteiger partial charge < -0.3 is 29.5 Å². The Labute approximate surface area is 176 Å². The Balaban J connectivity index is 2.13. The van der Waals surface area contributed by atoms with Crippen molar-refractivity contribution in [3.63, 3.8) is 0 Å². The molecule has 0 radical (unpaired) electrons. The first-order valence-corrected chi connectivity index (χ1v) is 9.30. The fourth-order valence-corrected chi connectivity index (χ4v) is 4.38. The van der Waals surface area contributed by atoms with E-state index in [1.807, 2.05) is 0 Å². The lowest BCUT2D eigenvalue weighted by molar-refractivity contribution is -0.192. The van der Waals surface area contributed by atoms with Gasteiger partial charge in [0.25, 0.3) is 0 Å². The number of carbonyl (C=O) groups is 4. The van der Waals surface area contributed by atoms with Crippen molar-refractivity contribution >= 4 is 23.5 Å². The molecule has 1 saturated carbocycles. The topological polar surface area (TPSA) is 183 Å². The van der Waals surface area contributed by atoms with Crippen LogP contribution in [0.25, 0.3) is 0 Å². The maximum Gasteiger partial charge on any atom is 0.341 e. The predicted molar refractivity (Wildman–Crippen MR) is 101 cm³/mol. The second-order valence-electron chi connectivity index (χ2n) is 8.14. The number of hydrogen-bond acceptors (Lipinski definition) is 11. The number of nitrogens with two attached hydrogens (primary N) is 1. The SMILES string of the molecule is COC(=O)c1ccc2c(c1O)C(=O)[C@H]1[C@@](C)(O)[C@@H](OC(=O)CC(C)=O)[C@@](C)(O)[C@]1(N)O2. The molecule has 11 nitrogen and oxygen atoms in total. The quantitative estimate of drug-likeness (QED) is 0.349. The number of hydrogen-bond donors (Lipinski definition) is 4. The number of carbonyl (C=O) groups excluding carboxylic acids is 4. The van der Waals surface area contributed by atoms with Crippen LogP contribution >= 0.6 is 0 Å². The van der Waals surface area contributed by atoms with Gasteiger partial charge in [0, 0.05) is 0 Å². The van der Waals surface area contributed by atoms with E-state index in [-0.39, 0.29) is 11.3 Å². The Morgan fingerprint density at radius 2 is 1.84 bits per heavy atom. The number of aromatic hydroxyl groups is 1. The number of phenols is 1. The number of methoxy groups -OCH3 is 1. The van der Waals surface area contributed by atoms with Crippen molar-refractivity contribution in [2.24, 2.45) is 11.7 Å². The molecule has 31 heavy (non-hydrogen) atoms. The van der Waals surface area contributed by atoms with Crippen LogP contribution in [0.1, 0.15) is 47.9 Å². The van der Waals surface area contributed by atoms with Gasteiger partial charge in [0.15, 0.2) is 17.5 Å². The summed E-state index contributed by atoms with van der Waals surface area (Å²) in [6, 6.07) is 2.33. The highest BCUT2D eigenvalue weighted by Crippen LogP contribution is 2.56. The maximum atomic E-state index is 13.4. The molecule has 1 heterocycles. The average molecular weight is 437 g/mol. The normalized spacial score (nSPS) is 33.7. The Hall–Kier alpha value is -3.02. The predicted octanol–water partition coefficient (Wildman–Crippen LogP) is -0.568. The first-order chi connectivity index (χ1) is 14.2. The summed E-state index contributed by atoms with van der Waals surface area (Å²) in [6.07, 6.45) is -2.38. The largest absolute Gasteiger partial charge is 0.506 e. The van der Waals surface area contributed by atoms with Crippen LogP contribution in [0.15, 0.2) is 12.1 Å². The lowest BCUT2D eigenvalue weighted by atomic mass is 9.78. The van der Waals surface area contributed by atoms with Crippen molar-refractivity contribution in [3.05, 3.63) is 23.3 Å². The van der Waals surface area contributed by atoms with Crippen LogP contribution in [0.2, 0.25) is 0 Å². The van der Waals surface area contributed by atoms with Gasteiger partial charge in [0.05, 0.1) is 7.11 Å². The molecule has 0 aromatic heterocycles. The Kier molecular flexibility index (Phi) is 5.12. The molecule has 0 bridgehead atoms. The summed E-state index contributed by atoms with van der Waals surface area (Å²) in [7, 11) is 1.09. The maximum absolute atomic E-state index is 13.4. The van der Waals surface area contributed by atoms with Gasteiger partial charge in [-0.2, -0.15) is 0 Å². The fourth-order valence-electron chi connectivity index (χ4n) is 4.38. The van der Waals surface area contributed by atoms with E-state index in [1.54, 1.807) is 0 Å². The van der Waals surface area contributed by atoms with Gasteiger partial charge in [-0.25, -0.2) is 4.79 Å². The molecular formula is C20H23NO10. The van der Waals surface area contributed by atoms with E-state index in [0.717, 1.165) is 33.9 Å². The van der Waals surface area contributed by atoms with Crippen LogP contribution in [0.5, 0.6) is 11.5 Å². The molecule has 2 aliphatic rings. The van der Waals surface area contributed by atoms with Crippen LogP contribution < -0.4 is 10.5 Å². The van der Waals surface area contributed by atoms with E-state index in [0.29, 0.717) is 0 Å². The number of phenolic OH excluding ortho intramolecular Hbond substituents is 1. The smallest absolute Gasteiger partial charge is 0.341 e. The molecule has 1 aliphatic heterocycles. The number of fused-ring (bicyclic) bond motifs is 2. The summed E-state index contributed by atoms with van der Waals surface area (Å²) in [5, 5.41) is 32.8. The van der Waals surface area contributed by atoms with Crippen molar-refractivity contribution in [2.45, 2.75) is 50.2 Å². The number of ketones is 2. The number of benzene rings is 1. The molecule has 168 valence electrons. The summed E-state index contributed by atoms with van der Waals surface area (Å²) in [6.45, 7) is 3.38. The highest BCUT2D eigenvalue weighted by Gasteiger charge is 2.77. The minimum Gasteiger partial charge on any atom is -0.506 e. The summed E-state index contributed by atoms with van der Waals surface area (Å²) in [5.74, 6) is -6.12. The van der Waals surface area contributed by atoms with Crippen LogP contribution in [0.4, 0.5) is 0 Å². The Morgan fingerprint density at radius 1 is 1.23 bits per heavy atom. The van der Waals surface area contributed by atoms with E-state index >= 15 is 0 Å². The third kappa shape index (κ3) is 3.08. The lowest BCUT2D eigenvalue weighted by Crippen LogP contribution is -2.68. The second kappa shape index (κ2) is 7.01. The van der Waals surface area contributed by atoms with Crippen molar-refractivity contribution in [1.29, 1.82) is 0 Å². The molecule has 1 aliphatic carbocycles. The molecule has 5 atom stereocenters. The Bertz CT molecular complexity index is 998. The molecule has 5 N–H and O–H groups in total. The third-order valence-corrected chi connectivity index (χ3v) is 5.82. The molecule has 0 unspecified atom stereocenters. The second-order valence-corrected chi connectivity index (χ2v) is 8.14. The molecule has 0 amide bonds. The molecule has 11 heteroatoms. The molecule has 0 spiro atoms. The monoisotopic (exact) mass is 437 g/mol. The number of esters is 2. The summed E-state index contributed by atoms with van der Waals surface area (Å²) in [4.78, 5) is 48.5. The highest BCUT2D eigenvalue weighted by atomic mass is 16.6. The first-order valence-electron chi connectivity index (χ1n) is 9.30. The van der Waals surface area contributed by atoms with E-state index in [9.17, 15) is 34.5 Å².